The lowest BCUT2D eigenvalue weighted by atomic mass is 10.2. The van der Waals surface area contributed by atoms with Gasteiger partial charge >= 0.3 is 0 Å². The van der Waals surface area contributed by atoms with Crippen molar-refractivity contribution in [1.82, 2.24) is 5.32 Å². The van der Waals surface area contributed by atoms with Crippen LogP contribution in [0.25, 0.3) is 0 Å². The predicted molar refractivity (Wildman–Crippen MR) is 69.7 cm³/mol. The van der Waals surface area contributed by atoms with Crippen LogP contribution in [0, 0.1) is 6.92 Å². The van der Waals surface area contributed by atoms with E-state index in [0.29, 0.717) is 6.54 Å². The maximum atomic E-state index is 12.2. The molecule has 1 unspecified atom stereocenters. The Morgan fingerprint density at radius 1 is 1.29 bits per heavy atom. The molecule has 2 rings (SSSR count). The lowest BCUT2D eigenvalue weighted by Gasteiger charge is -2.22. The van der Waals surface area contributed by atoms with E-state index in [2.05, 4.69) is 5.32 Å². The van der Waals surface area contributed by atoms with Gasteiger partial charge in [0.25, 0.3) is 0 Å². The topological polar surface area (TPSA) is 46.2 Å². The van der Waals surface area contributed by atoms with Crippen LogP contribution in [0.15, 0.2) is 24.3 Å². The van der Waals surface area contributed by atoms with Crippen LogP contribution in [0.4, 0.5) is 0 Å². The molecular weight excluding hydrogens is 234 g/mol. The number of rotatable bonds is 3. The maximum Gasteiger partial charge on any atom is 0.158 e. The van der Waals surface area contributed by atoms with Gasteiger partial charge < -0.3 is 5.32 Å². The number of nitrogens with one attached hydrogen (secondary N) is 1. The molecule has 4 heteroatoms. The Hall–Kier alpha value is -0.870. The fraction of sp³-hybridized carbons (Fsp3) is 0.538. The molecule has 1 N–H and O–H groups in total. The molecule has 0 amide bonds. The summed E-state index contributed by atoms with van der Waals surface area (Å²) in [5.41, 5.74) is 2.05. The van der Waals surface area contributed by atoms with E-state index in [1.54, 1.807) is 0 Å². The molecular formula is C13H19NO2S. The summed E-state index contributed by atoms with van der Waals surface area (Å²) in [6.45, 7) is 3.55. The van der Waals surface area contributed by atoms with Crippen molar-refractivity contribution < 1.29 is 8.42 Å². The molecule has 1 aromatic rings. The lowest BCUT2D eigenvalue weighted by molar-refractivity contribution is 0.496. The molecule has 3 nitrogen and oxygen atoms in total. The smallest absolute Gasteiger partial charge is 0.158 e. The Bertz CT molecular complexity index is 459. The Balaban J connectivity index is 2.08. The van der Waals surface area contributed by atoms with E-state index in [1.165, 1.54) is 0 Å². The zero-order valence-electron chi connectivity index (χ0n) is 10.1. The molecule has 0 spiro atoms. The van der Waals surface area contributed by atoms with Crippen molar-refractivity contribution in [2.75, 3.05) is 13.1 Å². The van der Waals surface area contributed by atoms with Crippen LogP contribution in [0.5, 0.6) is 0 Å². The van der Waals surface area contributed by atoms with Gasteiger partial charge in [0.15, 0.2) is 9.84 Å². The van der Waals surface area contributed by atoms with Crippen LogP contribution in [0.3, 0.4) is 0 Å². The molecule has 17 heavy (non-hydrogen) atoms. The van der Waals surface area contributed by atoms with Gasteiger partial charge in [-0.05, 0) is 31.9 Å². The third-order valence-electron chi connectivity index (χ3n) is 3.25. The molecule has 1 aliphatic rings. The summed E-state index contributed by atoms with van der Waals surface area (Å²) in [6, 6.07) is 7.74. The van der Waals surface area contributed by atoms with E-state index in [1.807, 2.05) is 31.2 Å². The minimum atomic E-state index is -3.01. The van der Waals surface area contributed by atoms with Gasteiger partial charge in [-0.1, -0.05) is 29.8 Å². The van der Waals surface area contributed by atoms with Crippen LogP contribution < -0.4 is 5.32 Å². The molecule has 94 valence electrons. The lowest BCUT2D eigenvalue weighted by Crippen LogP contribution is -2.39. The number of aryl methyl sites for hydroxylation is 1. The molecule has 1 aliphatic heterocycles. The molecule has 1 heterocycles. The van der Waals surface area contributed by atoms with E-state index >= 15 is 0 Å². The highest BCUT2D eigenvalue weighted by atomic mass is 32.2. The molecule has 0 saturated carbocycles. The summed E-state index contributed by atoms with van der Waals surface area (Å²) in [6.07, 6.45) is 1.75. The van der Waals surface area contributed by atoms with Gasteiger partial charge in [0.1, 0.15) is 0 Å². The van der Waals surface area contributed by atoms with Crippen molar-refractivity contribution in [3.8, 4) is 0 Å². The molecule has 0 bridgehead atoms. The van der Waals surface area contributed by atoms with E-state index in [-0.39, 0.29) is 11.0 Å². The summed E-state index contributed by atoms with van der Waals surface area (Å²) in [5.74, 6) is 0.166. The molecule has 0 aliphatic carbocycles. The Kier molecular flexibility index (Phi) is 3.84. The second-order valence-corrected chi connectivity index (χ2v) is 7.04. The van der Waals surface area contributed by atoms with Gasteiger partial charge in [-0.25, -0.2) is 8.42 Å². The van der Waals surface area contributed by atoms with Gasteiger partial charge in [-0.2, -0.15) is 0 Å². The van der Waals surface area contributed by atoms with Crippen LogP contribution in [0.1, 0.15) is 24.0 Å². The average Bonchev–Trinajstić information content (AvgIpc) is 2.33. The number of piperidine rings is 1. The van der Waals surface area contributed by atoms with E-state index in [4.69, 9.17) is 0 Å². The highest BCUT2D eigenvalue weighted by molar-refractivity contribution is 7.91. The van der Waals surface area contributed by atoms with Crippen molar-refractivity contribution in [3.63, 3.8) is 0 Å². The summed E-state index contributed by atoms with van der Waals surface area (Å²) in [4.78, 5) is 0. The van der Waals surface area contributed by atoms with Crippen LogP contribution >= 0.6 is 0 Å². The molecule has 1 fully saturated rings. The van der Waals surface area contributed by atoms with Crippen molar-refractivity contribution in [2.24, 2.45) is 0 Å². The summed E-state index contributed by atoms with van der Waals surface area (Å²) in [7, 11) is -3.01. The number of hydrogen-bond acceptors (Lipinski definition) is 3. The van der Waals surface area contributed by atoms with Crippen molar-refractivity contribution in [3.05, 3.63) is 35.4 Å². The first-order valence-electron chi connectivity index (χ1n) is 6.06. The minimum Gasteiger partial charge on any atom is -0.315 e. The standard InChI is InChI=1S/C13H19NO2S/c1-11-4-6-12(7-5-11)10-17(15,16)13-3-2-8-14-9-13/h4-7,13-14H,2-3,8-10H2,1H3. The maximum absolute atomic E-state index is 12.2. The van der Waals surface area contributed by atoms with E-state index in [0.717, 1.165) is 30.5 Å². The monoisotopic (exact) mass is 253 g/mol. The molecule has 0 radical (unpaired) electrons. The number of benzene rings is 1. The Labute approximate surface area is 103 Å². The largest absolute Gasteiger partial charge is 0.315 e. The summed E-state index contributed by atoms with van der Waals surface area (Å²) < 4.78 is 24.4. The van der Waals surface area contributed by atoms with Gasteiger partial charge in [-0.3, -0.25) is 0 Å². The van der Waals surface area contributed by atoms with Gasteiger partial charge in [0.2, 0.25) is 0 Å². The minimum absolute atomic E-state index is 0.166. The molecule has 1 atom stereocenters. The first kappa shape index (κ1) is 12.6. The number of hydrogen-bond donors (Lipinski definition) is 1. The molecule has 0 aromatic heterocycles. The zero-order chi connectivity index (χ0) is 12.3. The highest BCUT2D eigenvalue weighted by Crippen LogP contribution is 2.17. The summed E-state index contributed by atoms with van der Waals surface area (Å²) in [5, 5.41) is 2.95. The first-order chi connectivity index (χ1) is 8.08. The van der Waals surface area contributed by atoms with Gasteiger partial charge in [-0.15, -0.1) is 0 Å². The second kappa shape index (κ2) is 5.19. The van der Waals surface area contributed by atoms with Crippen LogP contribution in [-0.2, 0) is 15.6 Å². The third kappa shape index (κ3) is 3.30. The fourth-order valence-electron chi connectivity index (χ4n) is 2.16. The average molecular weight is 253 g/mol. The van der Waals surface area contributed by atoms with Gasteiger partial charge in [0, 0.05) is 6.54 Å². The fourth-order valence-corrected chi connectivity index (χ4v) is 3.95. The highest BCUT2D eigenvalue weighted by Gasteiger charge is 2.27. The Morgan fingerprint density at radius 2 is 2.00 bits per heavy atom. The summed E-state index contributed by atoms with van der Waals surface area (Å²) >= 11 is 0. The van der Waals surface area contributed by atoms with Gasteiger partial charge in [0.05, 0.1) is 11.0 Å². The van der Waals surface area contributed by atoms with Crippen LogP contribution in [0.2, 0.25) is 0 Å². The van der Waals surface area contributed by atoms with Crippen molar-refractivity contribution in [1.29, 1.82) is 0 Å². The second-order valence-electron chi connectivity index (χ2n) is 4.76. The Morgan fingerprint density at radius 3 is 2.59 bits per heavy atom. The molecule has 1 saturated heterocycles. The van der Waals surface area contributed by atoms with E-state index < -0.39 is 9.84 Å². The number of sulfone groups is 1. The predicted octanol–water partition coefficient (Wildman–Crippen LogP) is 1.66. The van der Waals surface area contributed by atoms with E-state index in [9.17, 15) is 8.42 Å². The zero-order valence-corrected chi connectivity index (χ0v) is 11.0. The normalized spacial score (nSPS) is 21.4. The molecule has 1 aromatic carbocycles. The van der Waals surface area contributed by atoms with Crippen LogP contribution in [-0.4, -0.2) is 26.8 Å². The first-order valence-corrected chi connectivity index (χ1v) is 7.77. The third-order valence-corrected chi connectivity index (χ3v) is 5.40. The van der Waals surface area contributed by atoms with Crippen molar-refractivity contribution in [2.45, 2.75) is 30.8 Å². The van der Waals surface area contributed by atoms with Crippen molar-refractivity contribution >= 4 is 9.84 Å². The SMILES string of the molecule is Cc1ccc(CS(=O)(=O)C2CCCNC2)cc1. The quantitative estimate of drug-likeness (QED) is 0.891.